The molecule has 0 saturated heterocycles. The van der Waals surface area contributed by atoms with Gasteiger partial charge in [0.2, 0.25) is 0 Å². The summed E-state index contributed by atoms with van der Waals surface area (Å²) in [5.41, 5.74) is 1.02. The number of benzene rings is 1. The Morgan fingerprint density at radius 2 is 2.35 bits per heavy atom. The minimum atomic E-state index is 0.242. The summed E-state index contributed by atoms with van der Waals surface area (Å²) >= 11 is 9.69. The Kier molecular flexibility index (Phi) is 6.50. The molecule has 1 aliphatic rings. The van der Waals surface area contributed by atoms with Gasteiger partial charge < -0.3 is 15.4 Å². The van der Waals surface area contributed by atoms with E-state index in [1.807, 2.05) is 22.9 Å². The number of aliphatic imine (C=N–C) groups is 1. The molecule has 1 aliphatic heterocycles. The van der Waals surface area contributed by atoms with Crippen LogP contribution >= 0.6 is 27.5 Å². The number of aromatic nitrogens is 3. The van der Waals surface area contributed by atoms with Crippen molar-refractivity contribution in [3.63, 3.8) is 0 Å². The van der Waals surface area contributed by atoms with Gasteiger partial charge in [-0.15, -0.1) is 0 Å². The van der Waals surface area contributed by atoms with Crippen LogP contribution in [0.3, 0.4) is 0 Å². The Hall–Kier alpha value is -1.64. The van der Waals surface area contributed by atoms with Crippen LogP contribution in [0.25, 0.3) is 0 Å². The number of halogens is 2. The normalized spacial score (nSPS) is 17.1. The summed E-state index contributed by atoms with van der Waals surface area (Å²) in [6.45, 7) is 1.80. The number of hydrogen-bond acceptors (Lipinski definition) is 4. The molecule has 0 fully saturated rings. The smallest absolute Gasteiger partial charge is 0.191 e. The highest BCUT2D eigenvalue weighted by atomic mass is 79.9. The summed E-state index contributed by atoms with van der Waals surface area (Å²) in [4.78, 5) is 8.81. The van der Waals surface area contributed by atoms with E-state index in [1.165, 1.54) is 0 Å². The molecule has 0 saturated carbocycles. The number of ether oxygens (including phenoxy) is 1. The zero-order chi connectivity index (χ0) is 18.5. The minimum absolute atomic E-state index is 0.242. The Balaban J connectivity index is 1.56. The van der Waals surface area contributed by atoms with E-state index in [0.29, 0.717) is 13.2 Å². The van der Waals surface area contributed by atoms with Crippen LogP contribution in [0.4, 0.5) is 0 Å². The highest BCUT2D eigenvalue weighted by Crippen LogP contribution is 2.21. The first-order chi connectivity index (χ1) is 12.6. The Morgan fingerprint density at radius 3 is 3.08 bits per heavy atom. The summed E-state index contributed by atoms with van der Waals surface area (Å²) in [5.74, 6) is 2.49. The maximum Gasteiger partial charge on any atom is 0.191 e. The van der Waals surface area contributed by atoms with Crippen LogP contribution in [0.5, 0.6) is 0 Å². The molecule has 140 valence electrons. The Labute approximate surface area is 166 Å². The van der Waals surface area contributed by atoms with Gasteiger partial charge in [-0.2, -0.15) is 5.10 Å². The van der Waals surface area contributed by atoms with E-state index in [4.69, 9.17) is 16.3 Å². The van der Waals surface area contributed by atoms with Crippen molar-refractivity contribution in [3.05, 3.63) is 44.9 Å². The van der Waals surface area contributed by atoms with Crippen molar-refractivity contribution in [3.8, 4) is 0 Å². The number of nitrogens with one attached hydrogen (secondary N) is 2. The lowest BCUT2D eigenvalue weighted by Gasteiger charge is -2.25. The fraction of sp³-hybridized carbons (Fsp3) is 0.471. The molecule has 2 N–H and O–H groups in total. The third-order valence-corrected chi connectivity index (χ3v) is 5.05. The zero-order valence-electron chi connectivity index (χ0n) is 14.8. The SMILES string of the molecule is CN=C(NCc1ccc(Br)cc1Cl)NC1CCc2nc(COC)nn2C1. The number of hydrogen-bond donors (Lipinski definition) is 2. The van der Waals surface area contributed by atoms with Gasteiger partial charge in [0.05, 0.1) is 6.54 Å². The van der Waals surface area contributed by atoms with Crippen LogP contribution in [-0.2, 0) is 30.9 Å². The van der Waals surface area contributed by atoms with Gasteiger partial charge in [-0.05, 0) is 24.1 Å². The Morgan fingerprint density at radius 1 is 1.50 bits per heavy atom. The van der Waals surface area contributed by atoms with Crippen LogP contribution in [0.1, 0.15) is 23.6 Å². The molecule has 0 aliphatic carbocycles. The van der Waals surface area contributed by atoms with Crippen LogP contribution in [0.15, 0.2) is 27.7 Å². The van der Waals surface area contributed by atoms with Crippen LogP contribution in [0.2, 0.25) is 5.02 Å². The van der Waals surface area contributed by atoms with E-state index in [1.54, 1.807) is 14.2 Å². The standard InChI is InChI=1S/C17H22BrClN6O/c1-20-17(21-8-11-3-4-12(18)7-14(11)19)22-13-5-6-16-23-15(10-26-2)24-25(16)9-13/h3-4,7,13H,5-6,8-10H2,1-2H3,(H2,20,21,22). The molecule has 1 aromatic heterocycles. The fourth-order valence-electron chi connectivity index (χ4n) is 2.90. The number of fused-ring (bicyclic) bond motifs is 1. The molecule has 3 rings (SSSR count). The Bertz CT molecular complexity index is 794. The van der Waals surface area contributed by atoms with Crippen molar-refractivity contribution in [2.75, 3.05) is 14.2 Å². The third kappa shape index (κ3) is 4.75. The number of rotatable bonds is 5. The van der Waals surface area contributed by atoms with Gasteiger partial charge in [-0.3, -0.25) is 4.99 Å². The van der Waals surface area contributed by atoms with Gasteiger partial charge in [-0.1, -0.05) is 33.6 Å². The second-order valence-corrected chi connectivity index (χ2v) is 7.42. The highest BCUT2D eigenvalue weighted by Gasteiger charge is 2.22. The lowest BCUT2D eigenvalue weighted by atomic mass is 10.1. The van der Waals surface area contributed by atoms with Crippen molar-refractivity contribution in [1.82, 2.24) is 25.4 Å². The van der Waals surface area contributed by atoms with E-state index in [2.05, 4.69) is 41.6 Å². The van der Waals surface area contributed by atoms with E-state index in [9.17, 15) is 0 Å². The van der Waals surface area contributed by atoms with Crippen LogP contribution < -0.4 is 10.6 Å². The third-order valence-electron chi connectivity index (χ3n) is 4.20. The van der Waals surface area contributed by atoms with Gasteiger partial charge in [0.15, 0.2) is 11.8 Å². The molecule has 2 heterocycles. The molecule has 1 atom stereocenters. The molecule has 1 aromatic carbocycles. The van der Waals surface area contributed by atoms with Crippen molar-refractivity contribution in [2.24, 2.45) is 4.99 Å². The molecule has 0 bridgehead atoms. The summed E-state index contributed by atoms with van der Waals surface area (Å²) in [7, 11) is 3.41. The molecule has 0 amide bonds. The van der Waals surface area contributed by atoms with Gasteiger partial charge >= 0.3 is 0 Å². The second kappa shape index (κ2) is 8.83. The lowest BCUT2D eigenvalue weighted by molar-refractivity contribution is 0.177. The first kappa shape index (κ1) is 19.1. The molecule has 1 unspecified atom stereocenters. The average molecular weight is 442 g/mol. The summed E-state index contributed by atoms with van der Waals surface area (Å²) < 4.78 is 8.03. The second-order valence-electron chi connectivity index (χ2n) is 6.10. The first-order valence-corrected chi connectivity index (χ1v) is 9.58. The molecule has 7 nitrogen and oxygen atoms in total. The topological polar surface area (TPSA) is 76.4 Å². The quantitative estimate of drug-likeness (QED) is 0.551. The van der Waals surface area contributed by atoms with Gasteiger partial charge in [0.1, 0.15) is 12.4 Å². The molecular weight excluding hydrogens is 420 g/mol. The summed E-state index contributed by atoms with van der Waals surface area (Å²) in [6, 6.07) is 6.10. The van der Waals surface area contributed by atoms with Crippen molar-refractivity contribution in [1.29, 1.82) is 0 Å². The minimum Gasteiger partial charge on any atom is -0.377 e. The number of methoxy groups -OCH3 is 1. The molecule has 2 aromatic rings. The molecular formula is C17H22BrClN6O. The van der Waals surface area contributed by atoms with Crippen molar-refractivity contribution in [2.45, 2.75) is 38.6 Å². The van der Waals surface area contributed by atoms with Crippen molar-refractivity contribution < 1.29 is 4.74 Å². The monoisotopic (exact) mass is 440 g/mol. The van der Waals surface area contributed by atoms with E-state index in [0.717, 1.165) is 52.1 Å². The van der Waals surface area contributed by atoms with E-state index in [-0.39, 0.29) is 6.04 Å². The lowest BCUT2D eigenvalue weighted by Crippen LogP contribution is -2.46. The molecule has 0 spiro atoms. The molecule has 0 radical (unpaired) electrons. The zero-order valence-corrected chi connectivity index (χ0v) is 17.1. The largest absolute Gasteiger partial charge is 0.377 e. The van der Waals surface area contributed by atoms with Gasteiger partial charge in [0.25, 0.3) is 0 Å². The van der Waals surface area contributed by atoms with E-state index < -0.39 is 0 Å². The van der Waals surface area contributed by atoms with Gasteiger partial charge in [-0.25, -0.2) is 9.67 Å². The first-order valence-electron chi connectivity index (χ1n) is 8.41. The predicted molar refractivity (Wildman–Crippen MR) is 105 cm³/mol. The van der Waals surface area contributed by atoms with E-state index >= 15 is 0 Å². The van der Waals surface area contributed by atoms with Crippen LogP contribution in [0, 0.1) is 0 Å². The van der Waals surface area contributed by atoms with Gasteiger partial charge in [0, 0.05) is 42.7 Å². The van der Waals surface area contributed by atoms with Crippen molar-refractivity contribution >= 4 is 33.5 Å². The summed E-state index contributed by atoms with van der Waals surface area (Å²) in [6.07, 6.45) is 1.86. The highest BCUT2D eigenvalue weighted by molar-refractivity contribution is 9.10. The number of aryl methyl sites for hydroxylation is 1. The number of nitrogens with zero attached hydrogens (tertiary/aromatic N) is 4. The predicted octanol–water partition coefficient (Wildman–Crippen LogP) is 2.52. The maximum atomic E-state index is 6.27. The molecule has 9 heteroatoms. The average Bonchev–Trinajstić information content (AvgIpc) is 3.01. The molecule has 26 heavy (non-hydrogen) atoms. The maximum absolute atomic E-state index is 6.27. The van der Waals surface area contributed by atoms with Crippen LogP contribution in [-0.4, -0.2) is 40.9 Å². The summed E-state index contributed by atoms with van der Waals surface area (Å²) in [5, 5.41) is 12.0. The fourth-order valence-corrected chi connectivity index (χ4v) is 3.64. The number of guanidine groups is 1.